The zero-order chi connectivity index (χ0) is 15.5. The normalized spacial score (nSPS) is 19.5. The summed E-state index contributed by atoms with van der Waals surface area (Å²) in [5, 5.41) is 0. The first-order chi connectivity index (χ1) is 10.6. The van der Waals surface area contributed by atoms with Crippen LogP contribution in [-0.4, -0.2) is 47.8 Å². The number of hydrogen-bond acceptors (Lipinski definition) is 2. The van der Waals surface area contributed by atoms with Gasteiger partial charge >= 0.3 is 0 Å². The average Bonchev–Trinajstić information content (AvgIpc) is 3.09. The van der Waals surface area contributed by atoms with Crippen molar-refractivity contribution in [3.8, 4) is 0 Å². The highest BCUT2D eigenvalue weighted by Gasteiger charge is 2.31. The first-order valence-corrected chi connectivity index (χ1v) is 9.06. The van der Waals surface area contributed by atoms with Crippen molar-refractivity contribution in [1.82, 2.24) is 9.80 Å². The molecule has 4 nitrogen and oxygen atoms in total. The maximum absolute atomic E-state index is 12.5. The van der Waals surface area contributed by atoms with Gasteiger partial charge in [-0.25, -0.2) is 0 Å². The fourth-order valence-electron chi connectivity index (χ4n) is 3.30. The number of benzene rings is 1. The van der Waals surface area contributed by atoms with Gasteiger partial charge in [0.25, 0.3) is 5.91 Å². The van der Waals surface area contributed by atoms with Crippen LogP contribution in [0.3, 0.4) is 0 Å². The van der Waals surface area contributed by atoms with E-state index < -0.39 is 0 Å². The molecule has 2 fully saturated rings. The smallest absolute Gasteiger partial charge is 0.253 e. The minimum Gasteiger partial charge on any atom is -0.342 e. The highest BCUT2D eigenvalue weighted by molar-refractivity contribution is 14.1. The second kappa shape index (κ2) is 6.98. The third kappa shape index (κ3) is 3.45. The van der Waals surface area contributed by atoms with Crippen molar-refractivity contribution in [3.63, 3.8) is 0 Å². The lowest BCUT2D eigenvalue weighted by Gasteiger charge is -2.33. The minimum absolute atomic E-state index is 0.0865. The molecule has 0 saturated carbocycles. The summed E-state index contributed by atoms with van der Waals surface area (Å²) in [5.74, 6) is 0.501. The van der Waals surface area contributed by atoms with Gasteiger partial charge in [0.15, 0.2) is 0 Å². The van der Waals surface area contributed by atoms with Gasteiger partial charge in [-0.15, -0.1) is 0 Å². The zero-order valence-corrected chi connectivity index (χ0v) is 14.8. The van der Waals surface area contributed by atoms with Crippen LogP contribution >= 0.6 is 22.6 Å². The van der Waals surface area contributed by atoms with Crippen LogP contribution in [0.2, 0.25) is 0 Å². The van der Waals surface area contributed by atoms with Crippen LogP contribution in [0.1, 0.15) is 36.0 Å². The van der Waals surface area contributed by atoms with Gasteiger partial charge in [0.1, 0.15) is 0 Å². The van der Waals surface area contributed by atoms with E-state index in [0.29, 0.717) is 19.0 Å². The number of piperidine rings is 1. The molecule has 2 saturated heterocycles. The molecule has 0 unspecified atom stereocenters. The van der Waals surface area contributed by atoms with Crippen LogP contribution in [0.5, 0.6) is 0 Å². The van der Waals surface area contributed by atoms with Crippen molar-refractivity contribution >= 4 is 34.4 Å². The van der Waals surface area contributed by atoms with E-state index in [1.54, 1.807) is 0 Å². The summed E-state index contributed by atoms with van der Waals surface area (Å²) in [4.78, 5) is 28.8. The van der Waals surface area contributed by atoms with E-state index in [1.807, 2.05) is 34.1 Å². The molecule has 1 aromatic rings. The number of hydrogen-bond donors (Lipinski definition) is 0. The molecule has 2 heterocycles. The fraction of sp³-hybridized carbons (Fsp3) is 0.529. The van der Waals surface area contributed by atoms with Gasteiger partial charge in [-0.2, -0.15) is 0 Å². The minimum atomic E-state index is 0.0865. The maximum atomic E-state index is 12.5. The van der Waals surface area contributed by atoms with E-state index in [4.69, 9.17) is 0 Å². The average molecular weight is 412 g/mol. The van der Waals surface area contributed by atoms with Crippen molar-refractivity contribution in [2.24, 2.45) is 5.92 Å². The van der Waals surface area contributed by atoms with E-state index in [9.17, 15) is 9.59 Å². The molecule has 0 atom stereocenters. The highest BCUT2D eigenvalue weighted by Crippen LogP contribution is 2.23. The molecule has 118 valence electrons. The van der Waals surface area contributed by atoms with E-state index in [1.165, 1.54) is 0 Å². The van der Waals surface area contributed by atoms with E-state index in [-0.39, 0.29) is 11.8 Å². The lowest BCUT2D eigenvalue weighted by atomic mass is 9.95. The Morgan fingerprint density at radius 3 is 2.09 bits per heavy atom. The monoisotopic (exact) mass is 412 g/mol. The highest BCUT2D eigenvalue weighted by atomic mass is 127. The Kier molecular flexibility index (Phi) is 5.00. The Balaban J connectivity index is 1.56. The first kappa shape index (κ1) is 15.8. The lowest BCUT2D eigenvalue weighted by Crippen LogP contribution is -2.43. The van der Waals surface area contributed by atoms with Crippen LogP contribution in [0, 0.1) is 9.49 Å². The molecule has 5 heteroatoms. The van der Waals surface area contributed by atoms with Crippen LogP contribution in [0.25, 0.3) is 0 Å². The molecule has 2 amide bonds. The van der Waals surface area contributed by atoms with Crippen molar-refractivity contribution in [2.45, 2.75) is 25.7 Å². The number of nitrogens with zero attached hydrogens (tertiary/aromatic N) is 2. The van der Waals surface area contributed by atoms with Gasteiger partial charge in [-0.05, 0) is 72.5 Å². The topological polar surface area (TPSA) is 40.6 Å². The summed E-state index contributed by atoms with van der Waals surface area (Å²) in [5.41, 5.74) is 0.740. The molecular weight excluding hydrogens is 391 g/mol. The molecule has 2 aliphatic rings. The van der Waals surface area contributed by atoms with Gasteiger partial charge in [0.2, 0.25) is 5.91 Å². The predicted molar refractivity (Wildman–Crippen MR) is 93.6 cm³/mol. The Labute approximate surface area is 145 Å². The quantitative estimate of drug-likeness (QED) is 0.702. The SMILES string of the molecule is O=C(c1ccc(I)cc1)N1CCC(C(=O)N2CCCC2)CC1. The van der Waals surface area contributed by atoms with Gasteiger partial charge in [-0.3, -0.25) is 9.59 Å². The van der Waals surface area contributed by atoms with Gasteiger partial charge in [0.05, 0.1) is 0 Å². The largest absolute Gasteiger partial charge is 0.342 e. The van der Waals surface area contributed by atoms with E-state index >= 15 is 0 Å². The van der Waals surface area contributed by atoms with Crippen LogP contribution < -0.4 is 0 Å². The third-order valence-electron chi connectivity index (χ3n) is 4.64. The second-order valence-corrected chi connectivity index (χ2v) is 7.35. The molecule has 0 aliphatic carbocycles. The van der Waals surface area contributed by atoms with Gasteiger partial charge < -0.3 is 9.80 Å². The van der Waals surface area contributed by atoms with Crippen molar-refractivity contribution in [2.75, 3.05) is 26.2 Å². The number of halogens is 1. The van der Waals surface area contributed by atoms with Gasteiger partial charge in [-0.1, -0.05) is 0 Å². The van der Waals surface area contributed by atoms with E-state index in [2.05, 4.69) is 22.6 Å². The zero-order valence-electron chi connectivity index (χ0n) is 12.6. The molecule has 0 bridgehead atoms. The molecule has 0 aromatic heterocycles. The summed E-state index contributed by atoms with van der Waals surface area (Å²) < 4.78 is 1.13. The van der Waals surface area contributed by atoms with Crippen molar-refractivity contribution in [1.29, 1.82) is 0 Å². The molecule has 22 heavy (non-hydrogen) atoms. The van der Waals surface area contributed by atoms with E-state index in [0.717, 1.165) is 47.9 Å². The first-order valence-electron chi connectivity index (χ1n) is 7.99. The van der Waals surface area contributed by atoms with Crippen LogP contribution in [0.15, 0.2) is 24.3 Å². The molecule has 0 radical (unpaired) electrons. The predicted octanol–water partition coefficient (Wildman–Crippen LogP) is 2.77. The molecule has 0 N–H and O–H groups in total. The summed E-state index contributed by atoms with van der Waals surface area (Å²) in [6.45, 7) is 3.21. The number of likely N-dealkylation sites (tertiary alicyclic amines) is 2. The molecule has 2 aliphatic heterocycles. The van der Waals surface area contributed by atoms with Crippen molar-refractivity contribution in [3.05, 3.63) is 33.4 Å². The Morgan fingerprint density at radius 1 is 0.909 bits per heavy atom. The number of carbonyl (C=O) groups excluding carboxylic acids is 2. The second-order valence-electron chi connectivity index (χ2n) is 6.11. The number of carbonyl (C=O) groups is 2. The Morgan fingerprint density at radius 2 is 1.50 bits per heavy atom. The summed E-state index contributed by atoms with van der Waals surface area (Å²) in [6, 6.07) is 7.67. The standard InChI is InChI=1S/C17H21IN2O2/c18-15-5-3-13(4-6-15)16(21)20-11-7-14(8-12-20)17(22)19-9-1-2-10-19/h3-6,14H,1-2,7-12H2. The summed E-state index contributed by atoms with van der Waals surface area (Å²) in [6.07, 6.45) is 3.86. The Hall–Kier alpha value is -1.11. The lowest BCUT2D eigenvalue weighted by molar-refractivity contribution is -0.135. The Bertz CT molecular complexity index is 544. The number of rotatable bonds is 2. The van der Waals surface area contributed by atoms with Gasteiger partial charge in [0, 0.05) is 41.2 Å². The fourth-order valence-corrected chi connectivity index (χ4v) is 3.66. The molecule has 3 rings (SSSR count). The number of amides is 2. The summed E-state index contributed by atoms with van der Waals surface area (Å²) >= 11 is 2.24. The summed E-state index contributed by atoms with van der Waals surface area (Å²) in [7, 11) is 0. The molecular formula is C17H21IN2O2. The van der Waals surface area contributed by atoms with Crippen LogP contribution in [0.4, 0.5) is 0 Å². The maximum Gasteiger partial charge on any atom is 0.253 e. The molecule has 0 spiro atoms. The van der Waals surface area contributed by atoms with Crippen molar-refractivity contribution < 1.29 is 9.59 Å². The van der Waals surface area contributed by atoms with Crippen LogP contribution in [-0.2, 0) is 4.79 Å². The molecule has 1 aromatic carbocycles. The third-order valence-corrected chi connectivity index (χ3v) is 5.36.